The van der Waals surface area contributed by atoms with Crippen molar-refractivity contribution < 1.29 is 17.9 Å². The minimum Gasteiger partial charge on any atom is -0.496 e. The van der Waals surface area contributed by atoms with Crippen molar-refractivity contribution in [2.45, 2.75) is 17.4 Å². The lowest BCUT2D eigenvalue weighted by molar-refractivity contribution is 0.0936. The molecule has 8 heteroatoms. The number of carbonyl (C=O) groups is 1. The predicted octanol–water partition coefficient (Wildman–Crippen LogP) is 2.54. The number of carbonyl (C=O) groups excluding carboxylic acids is 1. The molecule has 2 aromatic rings. The summed E-state index contributed by atoms with van der Waals surface area (Å²) in [7, 11) is -2.09. The Kier molecular flexibility index (Phi) is 5.50. The van der Waals surface area contributed by atoms with Gasteiger partial charge in [-0.25, -0.2) is 8.42 Å². The first-order valence-corrected chi connectivity index (χ1v) is 9.93. The Bertz CT molecular complexity index is 903. The van der Waals surface area contributed by atoms with E-state index in [1.54, 1.807) is 48.5 Å². The monoisotopic (exact) mass is 394 g/mol. The molecule has 6 nitrogen and oxygen atoms in total. The first kappa shape index (κ1) is 18.7. The van der Waals surface area contributed by atoms with Crippen molar-refractivity contribution in [2.24, 2.45) is 0 Å². The molecule has 1 atom stereocenters. The molecule has 3 rings (SSSR count). The van der Waals surface area contributed by atoms with Gasteiger partial charge in [-0.1, -0.05) is 29.8 Å². The normalized spacial score (nSPS) is 17.8. The number of ether oxygens (including phenoxy) is 1. The number of nitrogens with zero attached hydrogens (tertiary/aromatic N) is 1. The van der Waals surface area contributed by atoms with Crippen molar-refractivity contribution in [3.63, 3.8) is 0 Å². The molecule has 26 heavy (non-hydrogen) atoms. The number of halogens is 1. The fourth-order valence-electron chi connectivity index (χ4n) is 2.92. The highest BCUT2D eigenvalue weighted by molar-refractivity contribution is 7.89. The van der Waals surface area contributed by atoms with E-state index in [1.807, 2.05) is 0 Å². The molecule has 0 bridgehead atoms. The first-order valence-electron chi connectivity index (χ1n) is 8.11. The largest absolute Gasteiger partial charge is 0.496 e. The Balaban J connectivity index is 1.69. The van der Waals surface area contributed by atoms with E-state index in [9.17, 15) is 13.2 Å². The zero-order valence-corrected chi connectivity index (χ0v) is 15.8. The standard InChI is InChI=1S/C18H19ClN2O4S/c1-25-17-11-13(19)7-8-16(17)18(22)20-14-9-10-21(12-14)26(23,24)15-5-3-2-4-6-15/h2-8,11,14H,9-10,12H2,1H3,(H,20,22). The van der Waals surface area contributed by atoms with Gasteiger partial charge in [0.2, 0.25) is 10.0 Å². The molecule has 1 aliphatic heterocycles. The smallest absolute Gasteiger partial charge is 0.255 e. The number of rotatable bonds is 5. The van der Waals surface area contributed by atoms with E-state index in [2.05, 4.69) is 5.32 Å². The molecule has 1 N–H and O–H groups in total. The van der Waals surface area contributed by atoms with Crippen LogP contribution in [0.25, 0.3) is 0 Å². The van der Waals surface area contributed by atoms with Crippen LogP contribution in [0.1, 0.15) is 16.8 Å². The number of benzene rings is 2. The van der Waals surface area contributed by atoms with Crippen molar-refractivity contribution >= 4 is 27.5 Å². The minimum absolute atomic E-state index is 0.235. The van der Waals surface area contributed by atoms with E-state index < -0.39 is 10.0 Å². The van der Waals surface area contributed by atoms with Gasteiger partial charge in [-0.2, -0.15) is 4.31 Å². The lowest BCUT2D eigenvalue weighted by Crippen LogP contribution is -2.38. The fourth-order valence-corrected chi connectivity index (χ4v) is 4.60. The van der Waals surface area contributed by atoms with Crippen LogP contribution in [0.3, 0.4) is 0 Å². The van der Waals surface area contributed by atoms with E-state index in [-0.39, 0.29) is 23.4 Å². The summed E-state index contributed by atoms with van der Waals surface area (Å²) in [6.45, 7) is 0.596. The molecule has 1 fully saturated rings. The Morgan fingerprint density at radius 1 is 1.23 bits per heavy atom. The summed E-state index contributed by atoms with van der Waals surface area (Å²) < 4.78 is 31.9. The average molecular weight is 395 g/mol. The SMILES string of the molecule is COc1cc(Cl)ccc1C(=O)NC1CCN(S(=O)(=O)c2ccccc2)C1. The molecule has 0 radical (unpaired) electrons. The van der Waals surface area contributed by atoms with E-state index in [0.29, 0.717) is 29.3 Å². The van der Waals surface area contributed by atoms with Crippen molar-refractivity contribution in [2.75, 3.05) is 20.2 Å². The summed E-state index contributed by atoms with van der Waals surface area (Å²) in [5, 5.41) is 3.35. The summed E-state index contributed by atoms with van der Waals surface area (Å²) >= 11 is 5.91. The second kappa shape index (κ2) is 7.65. The third-order valence-corrected chi connectivity index (χ3v) is 6.39. The van der Waals surface area contributed by atoms with Gasteiger partial charge in [-0.15, -0.1) is 0 Å². The van der Waals surface area contributed by atoms with Crippen LogP contribution in [-0.2, 0) is 10.0 Å². The number of hydrogen-bond donors (Lipinski definition) is 1. The van der Waals surface area contributed by atoms with Crippen LogP contribution in [0.2, 0.25) is 5.02 Å². The molecule has 1 aliphatic rings. The topological polar surface area (TPSA) is 75.7 Å². The fraction of sp³-hybridized carbons (Fsp3) is 0.278. The van der Waals surface area contributed by atoms with Gasteiger partial charge in [0, 0.05) is 24.2 Å². The van der Waals surface area contributed by atoms with Gasteiger partial charge in [0.05, 0.1) is 17.6 Å². The molecule has 1 saturated heterocycles. The van der Waals surface area contributed by atoms with E-state index in [1.165, 1.54) is 11.4 Å². The van der Waals surface area contributed by atoms with Crippen LogP contribution >= 0.6 is 11.6 Å². The Labute approximate surface area is 157 Å². The molecular formula is C18H19ClN2O4S. The van der Waals surface area contributed by atoms with Crippen LogP contribution in [0.5, 0.6) is 5.75 Å². The summed E-state index contributed by atoms with van der Waals surface area (Å²) in [6, 6.07) is 12.8. The van der Waals surface area contributed by atoms with Gasteiger partial charge >= 0.3 is 0 Å². The van der Waals surface area contributed by atoms with Crippen LogP contribution < -0.4 is 10.1 Å². The second-order valence-corrected chi connectivity index (χ2v) is 8.35. The van der Waals surface area contributed by atoms with Crippen LogP contribution in [0, 0.1) is 0 Å². The summed E-state index contributed by atoms with van der Waals surface area (Å²) in [5.74, 6) is 0.0595. The molecule has 0 aliphatic carbocycles. The third kappa shape index (κ3) is 3.85. The second-order valence-electron chi connectivity index (χ2n) is 5.98. The molecule has 1 amide bonds. The number of hydrogen-bond acceptors (Lipinski definition) is 4. The maximum atomic E-state index is 12.7. The van der Waals surface area contributed by atoms with Crippen molar-refractivity contribution in [1.82, 2.24) is 9.62 Å². The van der Waals surface area contributed by atoms with Crippen LogP contribution in [0.4, 0.5) is 0 Å². The molecule has 1 unspecified atom stereocenters. The Morgan fingerprint density at radius 2 is 1.96 bits per heavy atom. The van der Waals surface area contributed by atoms with Gasteiger partial charge in [0.25, 0.3) is 5.91 Å². The first-order chi connectivity index (χ1) is 12.4. The van der Waals surface area contributed by atoms with Gasteiger partial charge in [-0.3, -0.25) is 4.79 Å². The van der Waals surface area contributed by atoms with Crippen LogP contribution in [0.15, 0.2) is 53.4 Å². The average Bonchev–Trinajstić information content (AvgIpc) is 3.11. The van der Waals surface area contributed by atoms with E-state index in [0.717, 1.165) is 0 Å². The minimum atomic E-state index is -3.55. The molecule has 2 aromatic carbocycles. The highest BCUT2D eigenvalue weighted by Crippen LogP contribution is 2.24. The van der Waals surface area contributed by atoms with Crippen molar-refractivity contribution in [1.29, 1.82) is 0 Å². The van der Waals surface area contributed by atoms with Gasteiger partial charge in [0.15, 0.2) is 0 Å². The Hall–Kier alpha value is -2.09. The van der Waals surface area contributed by atoms with Gasteiger partial charge < -0.3 is 10.1 Å². The molecule has 0 aromatic heterocycles. The van der Waals surface area contributed by atoms with E-state index >= 15 is 0 Å². The van der Waals surface area contributed by atoms with E-state index in [4.69, 9.17) is 16.3 Å². The van der Waals surface area contributed by atoms with Gasteiger partial charge in [-0.05, 0) is 36.8 Å². The zero-order valence-electron chi connectivity index (χ0n) is 14.2. The zero-order chi connectivity index (χ0) is 18.7. The maximum Gasteiger partial charge on any atom is 0.255 e. The number of nitrogens with one attached hydrogen (secondary N) is 1. The van der Waals surface area contributed by atoms with Crippen molar-refractivity contribution in [3.8, 4) is 5.75 Å². The highest BCUT2D eigenvalue weighted by atomic mass is 35.5. The molecule has 1 heterocycles. The maximum absolute atomic E-state index is 12.7. The number of sulfonamides is 1. The van der Waals surface area contributed by atoms with Crippen molar-refractivity contribution in [3.05, 3.63) is 59.1 Å². The predicted molar refractivity (Wildman–Crippen MR) is 99.1 cm³/mol. The highest BCUT2D eigenvalue weighted by Gasteiger charge is 2.33. The van der Waals surface area contributed by atoms with Crippen LogP contribution in [-0.4, -0.2) is 44.9 Å². The molecular weight excluding hydrogens is 376 g/mol. The molecule has 0 spiro atoms. The molecule has 0 saturated carbocycles. The number of amides is 1. The lowest BCUT2D eigenvalue weighted by Gasteiger charge is -2.17. The third-order valence-electron chi connectivity index (χ3n) is 4.28. The van der Waals surface area contributed by atoms with Gasteiger partial charge in [0.1, 0.15) is 5.75 Å². The summed E-state index contributed by atoms with van der Waals surface area (Å²) in [5.41, 5.74) is 0.362. The summed E-state index contributed by atoms with van der Waals surface area (Å²) in [4.78, 5) is 12.8. The lowest BCUT2D eigenvalue weighted by atomic mass is 10.1. The Morgan fingerprint density at radius 3 is 2.65 bits per heavy atom. The number of methoxy groups -OCH3 is 1. The molecule has 138 valence electrons. The summed E-state index contributed by atoms with van der Waals surface area (Å²) in [6.07, 6.45) is 0.549. The quantitative estimate of drug-likeness (QED) is 0.845.